The van der Waals surface area contributed by atoms with Gasteiger partial charge in [-0.05, 0) is 140 Å². The first-order chi connectivity index (χ1) is 27.1. The van der Waals surface area contributed by atoms with Crippen LogP contribution in [0.4, 0.5) is 0 Å². The van der Waals surface area contributed by atoms with E-state index in [4.69, 9.17) is 8.22 Å². The summed E-state index contributed by atoms with van der Waals surface area (Å²) in [5, 5.41) is 15.9. The molecule has 232 valence electrons. The maximum absolute atomic E-state index is 8.50. The number of aryl methyl sites for hydroxylation is 2. The van der Waals surface area contributed by atoms with Gasteiger partial charge in [0.05, 0.1) is 0 Å². The van der Waals surface area contributed by atoms with Gasteiger partial charge in [-0.2, -0.15) is 0 Å². The summed E-state index contributed by atoms with van der Waals surface area (Å²) < 4.78 is 51.0. The molecule has 0 heteroatoms. The minimum Gasteiger partial charge on any atom is -0.0622 e. The smallest absolute Gasteiger partial charge is 0.0280 e. The fraction of sp³-hybridized carbons (Fsp3) is 0.0400. The van der Waals surface area contributed by atoms with Crippen LogP contribution in [0.1, 0.15) is 19.4 Å². The number of benzene rings is 9. The van der Waals surface area contributed by atoms with E-state index < -0.39 is 13.7 Å². The van der Waals surface area contributed by atoms with Gasteiger partial charge in [0.2, 0.25) is 0 Å². The highest BCUT2D eigenvalue weighted by atomic mass is 14.3. The largest absolute Gasteiger partial charge is 0.0622 e. The van der Waals surface area contributed by atoms with E-state index in [1.54, 1.807) is 18.2 Å². The van der Waals surface area contributed by atoms with Gasteiger partial charge in [0.15, 0.2) is 0 Å². The minimum atomic E-state index is -2.53. The summed E-state index contributed by atoms with van der Waals surface area (Å²) >= 11 is 0. The second-order valence-electron chi connectivity index (χ2n) is 13.5. The zero-order valence-electron chi connectivity index (χ0n) is 33.0. The molecule has 0 aliphatic heterocycles. The summed E-state index contributed by atoms with van der Waals surface area (Å²) in [4.78, 5) is 0. The van der Waals surface area contributed by atoms with E-state index >= 15 is 0 Å². The highest BCUT2D eigenvalue weighted by molar-refractivity contribution is 6.45. The molecule has 0 aliphatic rings. The molecule has 11 aromatic rings. The Morgan fingerprint density at radius 1 is 0.300 bits per heavy atom. The summed E-state index contributed by atoms with van der Waals surface area (Å²) in [5.74, 6) is 0. The molecule has 0 N–H and O–H groups in total. The van der Waals surface area contributed by atoms with E-state index in [0.29, 0.717) is 5.56 Å². The van der Waals surface area contributed by atoms with Crippen LogP contribution in [0.25, 0.3) is 109 Å². The molecule has 0 saturated carbocycles. The standard InChI is InChI=1S/C50H32/c1-29-14-11-15-30(2)43(29)37-26-27-40-46-36(37)23-13-25-39(46)49-44(31-16-5-3-6-17-31)42-28-41-34-21-10-9-20-33(34)35-22-12-24-38(47(35)41)48(42)45(50(40)49)32-18-7-4-8-19-32/h3-28H,1-2H3/i1D3,2D3. The van der Waals surface area contributed by atoms with Crippen LogP contribution in [0.5, 0.6) is 0 Å². The first-order valence-corrected chi connectivity index (χ1v) is 17.1. The SMILES string of the molecule is [2H]C([2H])([2H])c1cccc(C([2H])([2H])[2H])c1-c1ccc2c3c(-c4ccccc4)c4c(cc5c6ccccc6c6cccc4c65)c(-c4ccccc4)c3c3cccc1c32. The van der Waals surface area contributed by atoms with E-state index in [1.807, 2.05) is 18.2 Å². The van der Waals surface area contributed by atoms with Gasteiger partial charge in [0.1, 0.15) is 0 Å². The van der Waals surface area contributed by atoms with E-state index in [1.165, 1.54) is 37.7 Å². The third-order valence-electron chi connectivity index (χ3n) is 11.0. The molecule has 0 radical (unpaired) electrons. The summed E-state index contributed by atoms with van der Waals surface area (Å²) in [6.07, 6.45) is 0. The molecule has 0 unspecified atom stereocenters. The van der Waals surface area contributed by atoms with Crippen LogP contribution in [-0.4, -0.2) is 0 Å². The molecular formula is C50H32. The lowest BCUT2D eigenvalue weighted by atomic mass is 9.84. The van der Waals surface area contributed by atoms with Gasteiger partial charge in [-0.3, -0.25) is 0 Å². The molecule has 0 aliphatic carbocycles. The molecule has 0 heterocycles. The van der Waals surface area contributed by atoms with Gasteiger partial charge >= 0.3 is 0 Å². The van der Waals surface area contributed by atoms with Crippen molar-refractivity contribution in [2.24, 2.45) is 0 Å². The first-order valence-electron chi connectivity index (χ1n) is 20.1. The molecule has 0 spiro atoms. The van der Waals surface area contributed by atoms with Gasteiger partial charge < -0.3 is 0 Å². The van der Waals surface area contributed by atoms with E-state index in [-0.39, 0.29) is 16.7 Å². The number of rotatable bonds is 3. The van der Waals surface area contributed by atoms with Crippen LogP contribution in [-0.2, 0) is 0 Å². The highest BCUT2D eigenvalue weighted by Gasteiger charge is 2.27. The third-order valence-corrected chi connectivity index (χ3v) is 11.0. The third kappa shape index (κ3) is 3.55. The van der Waals surface area contributed by atoms with Crippen LogP contribution < -0.4 is 0 Å². The van der Waals surface area contributed by atoms with Crippen molar-refractivity contribution in [1.29, 1.82) is 0 Å². The molecule has 0 saturated heterocycles. The van der Waals surface area contributed by atoms with Gasteiger partial charge in [-0.15, -0.1) is 0 Å². The molecule has 0 bridgehead atoms. The second-order valence-corrected chi connectivity index (χ2v) is 13.5. The lowest BCUT2D eigenvalue weighted by Crippen LogP contribution is -1.91. The molecule has 0 amide bonds. The molecule has 11 rings (SSSR count). The summed E-state index contributed by atoms with van der Waals surface area (Å²) in [7, 11) is 0. The Bertz CT molecular complexity index is 3330. The predicted molar refractivity (Wildman–Crippen MR) is 217 cm³/mol. The summed E-state index contributed by atoms with van der Waals surface area (Å²) in [5.41, 5.74) is 5.42. The minimum absolute atomic E-state index is 0.0348. The van der Waals surface area contributed by atoms with E-state index in [0.717, 1.165) is 60.0 Å². The first kappa shape index (κ1) is 22.4. The van der Waals surface area contributed by atoms with Crippen LogP contribution in [0.3, 0.4) is 0 Å². The van der Waals surface area contributed by atoms with Crippen molar-refractivity contribution >= 4 is 75.4 Å². The molecule has 0 aromatic heterocycles. The van der Waals surface area contributed by atoms with Crippen LogP contribution in [0.2, 0.25) is 0 Å². The van der Waals surface area contributed by atoms with Gasteiger partial charge in [0, 0.05) is 8.22 Å². The average molecular weight is 639 g/mol. The van der Waals surface area contributed by atoms with Crippen LogP contribution in [0, 0.1) is 13.7 Å². The van der Waals surface area contributed by atoms with Crippen molar-refractivity contribution in [2.75, 3.05) is 0 Å². The number of hydrogen-bond donors (Lipinski definition) is 0. The molecule has 0 atom stereocenters. The van der Waals surface area contributed by atoms with Gasteiger partial charge in [-0.1, -0.05) is 152 Å². The number of hydrogen-bond acceptors (Lipinski definition) is 0. The van der Waals surface area contributed by atoms with Crippen molar-refractivity contribution < 1.29 is 8.22 Å². The predicted octanol–water partition coefficient (Wildman–Crippen LogP) is 14.3. The molecule has 11 aromatic carbocycles. The zero-order chi connectivity index (χ0) is 38.1. The maximum Gasteiger partial charge on any atom is 0.0280 e. The Hall–Kier alpha value is -6.24. The second kappa shape index (κ2) is 10.1. The van der Waals surface area contributed by atoms with Crippen molar-refractivity contribution in [3.63, 3.8) is 0 Å². The lowest BCUT2D eigenvalue weighted by Gasteiger charge is -2.19. The lowest BCUT2D eigenvalue weighted by molar-refractivity contribution is 1.39. The Morgan fingerprint density at radius 2 is 0.800 bits per heavy atom. The van der Waals surface area contributed by atoms with Gasteiger partial charge in [0.25, 0.3) is 0 Å². The fourth-order valence-electron chi connectivity index (χ4n) is 9.07. The quantitative estimate of drug-likeness (QED) is 0.169. The topological polar surface area (TPSA) is 0 Å². The Balaban J connectivity index is 1.42. The van der Waals surface area contributed by atoms with Crippen molar-refractivity contribution in [2.45, 2.75) is 13.7 Å². The summed E-state index contributed by atoms with van der Waals surface area (Å²) in [6, 6.07) is 53.9. The Labute approximate surface area is 298 Å². The van der Waals surface area contributed by atoms with E-state index in [2.05, 4.69) is 121 Å². The van der Waals surface area contributed by atoms with Crippen molar-refractivity contribution in [3.8, 4) is 33.4 Å². The molecule has 50 heavy (non-hydrogen) atoms. The molecule has 0 fully saturated rings. The monoisotopic (exact) mass is 638 g/mol. The van der Waals surface area contributed by atoms with E-state index in [9.17, 15) is 0 Å². The summed E-state index contributed by atoms with van der Waals surface area (Å²) in [6.45, 7) is -5.05. The van der Waals surface area contributed by atoms with Crippen molar-refractivity contribution in [3.05, 3.63) is 169 Å². The normalized spacial score (nSPS) is 14.5. The van der Waals surface area contributed by atoms with Crippen molar-refractivity contribution in [1.82, 2.24) is 0 Å². The zero-order valence-corrected chi connectivity index (χ0v) is 27.0. The van der Waals surface area contributed by atoms with Gasteiger partial charge in [-0.25, -0.2) is 0 Å². The maximum atomic E-state index is 8.50. The van der Waals surface area contributed by atoms with Crippen LogP contribution >= 0.6 is 0 Å². The molecule has 0 nitrogen and oxygen atoms in total. The Kier molecular flexibility index (Phi) is 4.54. The average Bonchev–Trinajstić information content (AvgIpc) is 3.71. The molecular weight excluding hydrogens is 601 g/mol. The number of fused-ring (bicyclic) bond motifs is 8. The van der Waals surface area contributed by atoms with Crippen LogP contribution in [0.15, 0.2) is 158 Å². The highest BCUT2D eigenvalue weighted by Crippen LogP contribution is 2.55. The fourth-order valence-corrected chi connectivity index (χ4v) is 9.07. The Morgan fingerprint density at radius 3 is 1.50 bits per heavy atom.